The number of hydrogen-bond acceptors (Lipinski definition) is 4. The molecule has 2 saturated heterocycles. The summed E-state index contributed by atoms with van der Waals surface area (Å²) in [5.74, 6) is 0. The molecular formula is C14H18N2O2. The monoisotopic (exact) mass is 246 g/mol. The molecule has 0 saturated carbocycles. The van der Waals surface area contributed by atoms with E-state index in [2.05, 4.69) is 34.3 Å². The van der Waals surface area contributed by atoms with E-state index in [9.17, 15) is 0 Å². The van der Waals surface area contributed by atoms with Crippen LogP contribution in [0.4, 0.5) is 0 Å². The molecule has 2 fully saturated rings. The Labute approximate surface area is 107 Å². The van der Waals surface area contributed by atoms with Gasteiger partial charge in [-0.1, -0.05) is 35.5 Å². The zero-order chi connectivity index (χ0) is 12.4. The molecule has 2 atom stereocenters. The first-order chi connectivity index (χ1) is 8.86. The molecule has 96 valence electrons. The van der Waals surface area contributed by atoms with Crippen LogP contribution in [0.15, 0.2) is 35.5 Å². The largest absolute Gasteiger partial charge is 0.411 e. The summed E-state index contributed by atoms with van der Waals surface area (Å²) in [4.78, 5) is 2.49. The maximum absolute atomic E-state index is 8.95. The van der Waals surface area contributed by atoms with Crippen LogP contribution in [-0.2, 0) is 11.3 Å². The van der Waals surface area contributed by atoms with E-state index in [0.29, 0.717) is 12.1 Å². The van der Waals surface area contributed by atoms with Gasteiger partial charge in [0.1, 0.15) is 0 Å². The van der Waals surface area contributed by atoms with E-state index in [1.165, 1.54) is 5.56 Å². The van der Waals surface area contributed by atoms with Gasteiger partial charge in [-0.25, -0.2) is 0 Å². The highest BCUT2D eigenvalue weighted by atomic mass is 16.5. The van der Waals surface area contributed by atoms with Crippen molar-refractivity contribution in [3.63, 3.8) is 0 Å². The van der Waals surface area contributed by atoms with Gasteiger partial charge in [0.15, 0.2) is 0 Å². The summed E-state index contributed by atoms with van der Waals surface area (Å²) >= 11 is 0. The number of morpholine rings is 1. The number of hydrogen-bond donors (Lipinski definition) is 1. The van der Waals surface area contributed by atoms with E-state index in [4.69, 9.17) is 9.94 Å². The van der Waals surface area contributed by atoms with Crippen LogP contribution in [-0.4, -0.2) is 41.1 Å². The fourth-order valence-corrected chi connectivity index (χ4v) is 2.94. The van der Waals surface area contributed by atoms with E-state index >= 15 is 0 Å². The minimum absolute atomic E-state index is 0.351. The molecule has 2 aliphatic heterocycles. The Balaban J connectivity index is 1.76. The Kier molecular flexibility index (Phi) is 3.30. The minimum Gasteiger partial charge on any atom is -0.411 e. The number of oxime groups is 1. The quantitative estimate of drug-likeness (QED) is 0.640. The Morgan fingerprint density at radius 3 is 2.44 bits per heavy atom. The van der Waals surface area contributed by atoms with Crippen LogP contribution in [0.25, 0.3) is 0 Å². The van der Waals surface area contributed by atoms with Gasteiger partial charge in [-0.2, -0.15) is 0 Å². The molecule has 18 heavy (non-hydrogen) atoms. The molecule has 0 radical (unpaired) electrons. The third kappa shape index (κ3) is 2.26. The molecular weight excluding hydrogens is 228 g/mol. The van der Waals surface area contributed by atoms with Gasteiger partial charge in [0.2, 0.25) is 0 Å². The molecule has 0 aliphatic carbocycles. The van der Waals surface area contributed by atoms with E-state index in [1.807, 2.05) is 6.07 Å². The molecule has 0 amide bonds. The fraction of sp³-hybridized carbons (Fsp3) is 0.500. The van der Waals surface area contributed by atoms with Crippen molar-refractivity contribution in [2.45, 2.75) is 31.5 Å². The van der Waals surface area contributed by atoms with Gasteiger partial charge in [0.05, 0.1) is 18.9 Å². The summed E-state index contributed by atoms with van der Waals surface area (Å²) in [7, 11) is 0. The second kappa shape index (κ2) is 5.08. The van der Waals surface area contributed by atoms with Gasteiger partial charge in [0, 0.05) is 31.5 Å². The molecule has 2 bridgehead atoms. The second-order valence-electron chi connectivity index (χ2n) is 5.08. The van der Waals surface area contributed by atoms with Crippen molar-refractivity contribution in [1.82, 2.24) is 4.90 Å². The molecule has 2 heterocycles. The highest BCUT2D eigenvalue weighted by molar-refractivity contribution is 5.86. The summed E-state index contributed by atoms with van der Waals surface area (Å²) < 4.78 is 5.62. The normalized spacial score (nSPS) is 28.1. The number of benzene rings is 1. The minimum atomic E-state index is 0.351. The lowest BCUT2D eigenvalue weighted by atomic mass is 9.92. The maximum atomic E-state index is 8.95. The van der Waals surface area contributed by atoms with Crippen LogP contribution >= 0.6 is 0 Å². The van der Waals surface area contributed by atoms with Crippen molar-refractivity contribution >= 4 is 5.71 Å². The second-order valence-corrected chi connectivity index (χ2v) is 5.08. The predicted octanol–water partition coefficient (Wildman–Crippen LogP) is 1.88. The third-order valence-electron chi connectivity index (χ3n) is 3.85. The molecule has 2 unspecified atom stereocenters. The smallest absolute Gasteiger partial charge is 0.0626 e. The first-order valence-electron chi connectivity index (χ1n) is 6.44. The van der Waals surface area contributed by atoms with Crippen molar-refractivity contribution < 1.29 is 9.94 Å². The zero-order valence-electron chi connectivity index (χ0n) is 10.3. The zero-order valence-corrected chi connectivity index (χ0v) is 10.3. The number of piperidine rings is 1. The highest BCUT2D eigenvalue weighted by Gasteiger charge is 2.37. The molecule has 1 aromatic carbocycles. The van der Waals surface area contributed by atoms with Gasteiger partial charge in [-0.3, -0.25) is 4.90 Å². The average Bonchev–Trinajstić information content (AvgIpc) is 2.39. The molecule has 3 rings (SSSR count). The summed E-state index contributed by atoms with van der Waals surface area (Å²) in [6.07, 6.45) is 1.64. The number of fused-ring (bicyclic) bond motifs is 2. The maximum Gasteiger partial charge on any atom is 0.0626 e. The van der Waals surface area contributed by atoms with E-state index < -0.39 is 0 Å². The summed E-state index contributed by atoms with van der Waals surface area (Å²) in [6, 6.07) is 11.2. The Bertz CT molecular complexity index is 417. The topological polar surface area (TPSA) is 45.1 Å². The molecule has 2 aliphatic rings. The molecule has 1 N–H and O–H groups in total. The highest BCUT2D eigenvalue weighted by Crippen LogP contribution is 2.27. The van der Waals surface area contributed by atoms with Gasteiger partial charge in [-0.05, 0) is 5.56 Å². The van der Waals surface area contributed by atoms with Crippen molar-refractivity contribution in [2.24, 2.45) is 5.16 Å². The summed E-state index contributed by atoms with van der Waals surface area (Å²) in [5, 5.41) is 12.4. The van der Waals surface area contributed by atoms with E-state index in [0.717, 1.165) is 38.3 Å². The Hall–Kier alpha value is -1.39. The van der Waals surface area contributed by atoms with Crippen LogP contribution in [0.3, 0.4) is 0 Å². The molecule has 0 aromatic heterocycles. The summed E-state index contributed by atoms with van der Waals surface area (Å²) in [6.45, 7) is 2.43. The Morgan fingerprint density at radius 1 is 1.17 bits per heavy atom. The van der Waals surface area contributed by atoms with Crippen LogP contribution < -0.4 is 0 Å². The predicted molar refractivity (Wildman–Crippen MR) is 68.8 cm³/mol. The van der Waals surface area contributed by atoms with Crippen molar-refractivity contribution in [1.29, 1.82) is 0 Å². The Morgan fingerprint density at radius 2 is 1.83 bits per heavy atom. The standard InChI is InChI=1S/C14H18N2O2/c17-15-12-6-13-9-18-10-14(7-12)16(13)8-11-4-2-1-3-5-11/h1-5,13-14,17H,6-10H2. The lowest BCUT2D eigenvalue weighted by Crippen LogP contribution is -2.56. The van der Waals surface area contributed by atoms with Crippen LogP contribution in [0, 0.1) is 0 Å². The third-order valence-corrected chi connectivity index (χ3v) is 3.85. The number of rotatable bonds is 2. The lowest BCUT2D eigenvalue weighted by molar-refractivity contribution is -0.0574. The molecule has 0 spiro atoms. The van der Waals surface area contributed by atoms with Crippen molar-refractivity contribution in [2.75, 3.05) is 13.2 Å². The van der Waals surface area contributed by atoms with Gasteiger partial charge < -0.3 is 9.94 Å². The first-order valence-corrected chi connectivity index (χ1v) is 6.44. The van der Waals surface area contributed by atoms with Gasteiger partial charge >= 0.3 is 0 Å². The lowest BCUT2D eigenvalue weighted by Gasteiger charge is -2.45. The van der Waals surface area contributed by atoms with E-state index in [1.54, 1.807) is 0 Å². The van der Waals surface area contributed by atoms with Crippen LogP contribution in [0.1, 0.15) is 18.4 Å². The average molecular weight is 246 g/mol. The molecule has 1 aromatic rings. The molecule has 4 nitrogen and oxygen atoms in total. The van der Waals surface area contributed by atoms with Crippen molar-refractivity contribution in [3.8, 4) is 0 Å². The number of ether oxygens (including phenoxy) is 1. The van der Waals surface area contributed by atoms with Crippen LogP contribution in [0.5, 0.6) is 0 Å². The van der Waals surface area contributed by atoms with Gasteiger partial charge in [0.25, 0.3) is 0 Å². The van der Waals surface area contributed by atoms with Gasteiger partial charge in [-0.15, -0.1) is 0 Å². The van der Waals surface area contributed by atoms with E-state index in [-0.39, 0.29) is 0 Å². The van der Waals surface area contributed by atoms with Crippen molar-refractivity contribution in [3.05, 3.63) is 35.9 Å². The number of nitrogens with zero attached hydrogens (tertiary/aromatic N) is 2. The fourth-order valence-electron chi connectivity index (χ4n) is 2.94. The van der Waals surface area contributed by atoms with Crippen LogP contribution in [0.2, 0.25) is 0 Å². The first kappa shape index (κ1) is 11.7. The SMILES string of the molecule is ON=C1CC2COCC(C1)N2Cc1ccccc1. The molecule has 4 heteroatoms. The summed E-state index contributed by atoms with van der Waals surface area (Å²) in [5.41, 5.74) is 2.25.